The summed E-state index contributed by atoms with van der Waals surface area (Å²) in [5, 5.41) is 13.1. The number of rotatable bonds is 4. The summed E-state index contributed by atoms with van der Waals surface area (Å²) >= 11 is 0. The fourth-order valence-corrected chi connectivity index (χ4v) is 2.84. The first-order valence-electron chi connectivity index (χ1n) is 8.21. The number of hydrogen-bond donors (Lipinski definition) is 2. The van der Waals surface area contributed by atoms with Crippen LogP contribution < -0.4 is 10.3 Å². The van der Waals surface area contributed by atoms with E-state index in [-0.39, 0.29) is 11.2 Å². The third-order valence-electron chi connectivity index (χ3n) is 4.19. The van der Waals surface area contributed by atoms with E-state index in [4.69, 9.17) is 4.74 Å². The van der Waals surface area contributed by atoms with Crippen LogP contribution in [0.15, 0.2) is 65.6 Å². The van der Waals surface area contributed by atoms with Gasteiger partial charge in [-0.2, -0.15) is 9.61 Å². The summed E-state index contributed by atoms with van der Waals surface area (Å²) in [6.45, 7) is 1.90. The number of aromatic amines is 1. The molecule has 0 aliphatic rings. The molecule has 0 radical (unpaired) electrons. The number of ether oxygens (including phenoxy) is 1. The van der Waals surface area contributed by atoms with Crippen molar-refractivity contribution >= 4 is 11.6 Å². The smallest absolute Gasteiger partial charge is 0.341 e. The van der Waals surface area contributed by atoms with Crippen LogP contribution in [0, 0.1) is 6.92 Å². The summed E-state index contributed by atoms with van der Waals surface area (Å²) in [6, 6.07) is 16.3. The lowest BCUT2D eigenvalue weighted by Crippen LogP contribution is -2.15. The van der Waals surface area contributed by atoms with E-state index in [0.717, 1.165) is 27.6 Å². The van der Waals surface area contributed by atoms with E-state index in [2.05, 4.69) is 10.1 Å². The predicted molar refractivity (Wildman–Crippen MR) is 99.5 cm³/mol. The molecule has 0 aliphatic carbocycles. The molecule has 134 valence electrons. The van der Waals surface area contributed by atoms with Gasteiger partial charge in [0, 0.05) is 6.07 Å². The molecule has 0 atom stereocenters. The number of hydrogen-bond acceptors (Lipinski definition) is 4. The van der Waals surface area contributed by atoms with Crippen LogP contribution in [0.25, 0.3) is 16.9 Å². The van der Waals surface area contributed by atoms with Crippen LogP contribution in [0.3, 0.4) is 0 Å². The number of benzene rings is 2. The van der Waals surface area contributed by atoms with Gasteiger partial charge in [-0.15, -0.1) is 0 Å². The highest BCUT2D eigenvalue weighted by molar-refractivity contribution is 5.94. The second-order valence-corrected chi connectivity index (χ2v) is 6.04. The molecule has 0 bridgehead atoms. The molecule has 4 rings (SSSR count). The van der Waals surface area contributed by atoms with Crippen molar-refractivity contribution in [3.63, 3.8) is 0 Å². The first-order valence-corrected chi connectivity index (χ1v) is 8.21. The maximum atomic E-state index is 12.3. The van der Waals surface area contributed by atoms with Crippen molar-refractivity contribution in [3.8, 4) is 22.8 Å². The maximum absolute atomic E-state index is 12.3. The van der Waals surface area contributed by atoms with Crippen molar-refractivity contribution in [2.45, 2.75) is 6.92 Å². The minimum absolute atomic E-state index is 0.0605. The number of para-hydroxylation sites is 1. The number of aromatic nitrogens is 3. The fourth-order valence-electron chi connectivity index (χ4n) is 2.84. The molecular formula is C20H15N3O4. The Balaban J connectivity index is 1.75. The van der Waals surface area contributed by atoms with E-state index in [1.807, 2.05) is 55.5 Å². The molecule has 7 nitrogen and oxygen atoms in total. The van der Waals surface area contributed by atoms with Crippen LogP contribution in [0.2, 0.25) is 0 Å². The molecule has 0 amide bonds. The summed E-state index contributed by atoms with van der Waals surface area (Å²) in [6.07, 6.45) is 1.15. The van der Waals surface area contributed by atoms with Gasteiger partial charge in [-0.1, -0.05) is 18.2 Å². The van der Waals surface area contributed by atoms with Crippen molar-refractivity contribution in [1.82, 2.24) is 14.6 Å². The lowest BCUT2D eigenvalue weighted by Gasteiger charge is -2.11. The number of nitrogens with one attached hydrogen (secondary N) is 1. The van der Waals surface area contributed by atoms with Gasteiger partial charge in [-0.25, -0.2) is 4.79 Å². The molecule has 0 aliphatic heterocycles. The first kappa shape index (κ1) is 16.6. The lowest BCUT2D eigenvalue weighted by atomic mass is 10.1. The van der Waals surface area contributed by atoms with Gasteiger partial charge < -0.3 is 14.8 Å². The highest BCUT2D eigenvalue weighted by atomic mass is 16.5. The second kappa shape index (κ2) is 6.45. The average Bonchev–Trinajstić information content (AvgIpc) is 3.09. The molecule has 2 heterocycles. The zero-order valence-corrected chi connectivity index (χ0v) is 14.3. The van der Waals surface area contributed by atoms with Crippen molar-refractivity contribution in [2.75, 3.05) is 0 Å². The molecule has 0 spiro atoms. The van der Waals surface area contributed by atoms with Crippen molar-refractivity contribution in [1.29, 1.82) is 0 Å². The number of H-pyrrole nitrogens is 1. The largest absolute Gasteiger partial charge is 0.477 e. The third kappa shape index (κ3) is 3.06. The molecule has 2 N–H and O–H groups in total. The molecule has 4 aromatic rings. The van der Waals surface area contributed by atoms with E-state index < -0.39 is 11.5 Å². The van der Waals surface area contributed by atoms with Crippen molar-refractivity contribution in [3.05, 3.63) is 82.3 Å². The fraction of sp³-hybridized carbons (Fsp3) is 0.0500. The molecule has 0 fully saturated rings. The Labute approximate surface area is 153 Å². The van der Waals surface area contributed by atoms with E-state index >= 15 is 0 Å². The van der Waals surface area contributed by atoms with E-state index in [1.54, 1.807) is 0 Å². The zero-order chi connectivity index (χ0) is 19.0. The van der Waals surface area contributed by atoms with E-state index in [9.17, 15) is 14.7 Å². The maximum Gasteiger partial charge on any atom is 0.341 e. The number of carboxylic acid groups (broad SMARTS) is 1. The molecule has 0 saturated heterocycles. The minimum Gasteiger partial charge on any atom is -0.477 e. The van der Waals surface area contributed by atoms with Gasteiger partial charge in [0.15, 0.2) is 5.65 Å². The van der Waals surface area contributed by atoms with Gasteiger partial charge in [0.05, 0.1) is 11.9 Å². The van der Waals surface area contributed by atoms with Crippen LogP contribution >= 0.6 is 0 Å². The number of fused-ring (bicyclic) bond motifs is 1. The van der Waals surface area contributed by atoms with Crippen molar-refractivity contribution < 1.29 is 14.6 Å². The number of carbonyl (C=O) groups is 1. The SMILES string of the molecule is Cc1cc(-c2cc(=O)n3ncc(C(=O)O)c3[nH]2)ccc1Oc1ccccc1. The minimum atomic E-state index is -1.15. The van der Waals surface area contributed by atoms with Crippen LogP contribution in [-0.2, 0) is 0 Å². The molecule has 0 saturated carbocycles. The average molecular weight is 361 g/mol. The highest BCUT2D eigenvalue weighted by Gasteiger charge is 2.15. The van der Waals surface area contributed by atoms with Crippen LogP contribution in [0.1, 0.15) is 15.9 Å². The molecule has 2 aromatic carbocycles. The number of aromatic carboxylic acids is 1. The molecule has 2 aromatic heterocycles. The molecule has 7 heteroatoms. The normalized spacial score (nSPS) is 10.9. The predicted octanol–water partition coefficient (Wildman–Crippen LogP) is 3.49. The number of carboxylic acids is 1. The molecular weight excluding hydrogens is 346 g/mol. The van der Waals surface area contributed by atoms with Gasteiger partial charge in [-0.05, 0) is 48.4 Å². The van der Waals surface area contributed by atoms with Gasteiger partial charge in [0.25, 0.3) is 5.56 Å². The van der Waals surface area contributed by atoms with Gasteiger partial charge in [0.1, 0.15) is 17.1 Å². The number of aryl methyl sites for hydroxylation is 1. The Morgan fingerprint density at radius 1 is 1.15 bits per heavy atom. The molecule has 0 unspecified atom stereocenters. The van der Waals surface area contributed by atoms with Gasteiger partial charge >= 0.3 is 5.97 Å². The zero-order valence-electron chi connectivity index (χ0n) is 14.3. The summed E-state index contributed by atoms with van der Waals surface area (Å²) in [5.41, 5.74) is 1.80. The lowest BCUT2D eigenvalue weighted by molar-refractivity contribution is 0.0698. The monoisotopic (exact) mass is 361 g/mol. The van der Waals surface area contributed by atoms with E-state index in [1.165, 1.54) is 6.07 Å². The summed E-state index contributed by atoms with van der Waals surface area (Å²) in [5.74, 6) is 0.276. The van der Waals surface area contributed by atoms with Gasteiger partial charge in [0.2, 0.25) is 0 Å². The Hall–Kier alpha value is -3.87. The first-order chi connectivity index (χ1) is 13.0. The Bertz CT molecular complexity index is 1210. The highest BCUT2D eigenvalue weighted by Crippen LogP contribution is 2.28. The van der Waals surface area contributed by atoms with Crippen molar-refractivity contribution in [2.24, 2.45) is 0 Å². The van der Waals surface area contributed by atoms with Crippen LogP contribution in [-0.4, -0.2) is 25.7 Å². The summed E-state index contributed by atoms with van der Waals surface area (Å²) < 4.78 is 6.90. The Morgan fingerprint density at radius 3 is 2.63 bits per heavy atom. The Morgan fingerprint density at radius 2 is 1.93 bits per heavy atom. The quantitative estimate of drug-likeness (QED) is 0.580. The van der Waals surface area contributed by atoms with Gasteiger partial charge in [-0.3, -0.25) is 4.79 Å². The number of nitrogens with zero attached hydrogens (tertiary/aromatic N) is 2. The van der Waals surface area contributed by atoms with E-state index in [0.29, 0.717) is 11.4 Å². The Kier molecular flexibility index (Phi) is 3.97. The third-order valence-corrected chi connectivity index (χ3v) is 4.19. The van der Waals surface area contributed by atoms with Crippen LogP contribution in [0.4, 0.5) is 0 Å². The molecule has 27 heavy (non-hydrogen) atoms. The standard InChI is InChI=1S/C20H15N3O4/c1-12-9-13(7-8-17(12)27-14-5-3-2-4-6-14)16-10-18(24)23-19(22-16)15(11-21-23)20(25)26/h2-11,22H,1H3,(H,25,26). The second-order valence-electron chi connectivity index (χ2n) is 6.04. The van der Waals surface area contributed by atoms with Crippen LogP contribution in [0.5, 0.6) is 11.5 Å². The summed E-state index contributed by atoms with van der Waals surface area (Å²) in [7, 11) is 0. The topological polar surface area (TPSA) is 96.7 Å². The summed E-state index contributed by atoms with van der Waals surface area (Å²) in [4.78, 5) is 26.6.